The number of halogens is 1. The molecule has 7 nitrogen and oxygen atoms in total. The molecule has 0 amide bonds. The van der Waals surface area contributed by atoms with Crippen molar-refractivity contribution in [1.29, 1.82) is 0 Å². The molecule has 0 aromatic heterocycles. The molecule has 1 aromatic carbocycles. The second-order valence-electron chi connectivity index (χ2n) is 4.56. The summed E-state index contributed by atoms with van der Waals surface area (Å²) in [5.74, 6) is -1.88. The average molecular weight is 269 g/mol. The highest BCUT2D eigenvalue weighted by Crippen LogP contribution is 2.29. The fourth-order valence-electron chi connectivity index (χ4n) is 2.08. The summed E-state index contributed by atoms with van der Waals surface area (Å²) in [4.78, 5) is 22.5. The molecule has 0 spiro atoms. The highest BCUT2D eigenvalue weighted by atomic mass is 19.1. The Hall–Kier alpha value is -2.22. The first kappa shape index (κ1) is 13.2. The lowest BCUT2D eigenvalue weighted by Gasteiger charge is -2.21. The topological polar surface area (TPSA) is 110 Å². The minimum atomic E-state index is -1.40. The van der Waals surface area contributed by atoms with E-state index in [2.05, 4.69) is 0 Å². The predicted molar refractivity (Wildman–Crippen MR) is 64.4 cm³/mol. The van der Waals surface area contributed by atoms with E-state index in [1.165, 1.54) is 11.0 Å². The van der Waals surface area contributed by atoms with E-state index in [1.54, 1.807) is 0 Å². The predicted octanol–water partition coefficient (Wildman–Crippen LogP) is 0.726. The molecular formula is C11H12FN3O4. The van der Waals surface area contributed by atoms with E-state index in [9.17, 15) is 19.3 Å². The Balaban J connectivity index is 2.29. The fraction of sp³-hybridized carbons (Fsp3) is 0.364. The highest BCUT2D eigenvalue weighted by Gasteiger charge is 2.41. The summed E-state index contributed by atoms with van der Waals surface area (Å²) < 4.78 is 13.3. The summed E-state index contributed by atoms with van der Waals surface area (Å²) in [7, 11) is 0. The molecule has 1 aliphatic rings. The molecule has 1 saturated heterocycles. The van der Waals surface area contributed by atoms with Crippen LogP contribution in [-0.2, 0) is 4.79 Å². The summed E-state index contributed by atoms with van der Waals surface area (Å²) in [6.07, 6.45) is 0.201. The van der Waals surface area contributed by atoms with Crippen molar-refractivity contribution < 1.29 is 19.2 Å². The molecular weight excluding hydrogens is 257 g/mol. The van der Waals surface area contributed by atoms with Crippen LogP contribution in [0.1, 0.15) is 6.42 Å². The number of rotatable bonds is 3. The standard InChI is InChI=1S/C11H12FN3O4/c12-7-3-8(5-9(4-7)15(18)19)14-2-1-11(13,6-14)10(16)17/h3-5H,1-2,6,13H2,(H,16,17). The van der Waals surface area contributed by atoms with Gasteiger partial charge in [-0.2, -0.15) is 0 Å². The van der Waals surface area contributed by atoms with Crippen LogP contribution in [-0.4, -0.2) is 34.6 Å². The Kier molecular flexibility index (Phi) is 3.11. The summed E-state index contributed by atoms with van der Waals surface area (Å²) in [5.41, 5.74) is 4.18. The Bertz CT molecular complexity index is 551. The van der Waals surface area contributed by atoms with Crippen molar-refractivity contribution in [2.24, 2.45) is 5.73 Å². The Labute approximate surface area is 107 Å². The van der Waals surface area contributed by atoms with E-state index in [0.717, 1.165) is 12.1 Å². The van der Waals surface area contributed by atoms with Crippen molar-refractivity contribution in [2.45, 2.75) is 12.0 Å². The van der Waals surface area contributed by atoms with Gasteiger partial charge in [-0.1, -0.05) is 0 Å². The Morgan fingerprint density at radius 3 is 2.74 bits per heavy atom. The molecule has 1 unspecified atom stereocenters. The van der Waals surface area contributed by atoms with Crippen LogP contribution in [0.25, 0.3) is 0 Å². The number of aliphatic carboxylic acids is 1. The van der Waals surface area contributed by atoms with Gasteiger partial charge >= 0.3 is 5.97 Å². The first-order chi connectivity index (χ1) is 8.82. The first-order valence-electron chi connectivity index (χ1n) is 5.54. The highest BCUT2D eigenvalue weighted by molar-refractivity contribution is 5.80. The quantitative estimate of drug-likeness (QED) is 0.618. The molecule has 1 atom stereocenters. The van der Waals surface area contributed by atoms with E-state index in [0.29, 0.717) is 6.54 Å². The van der Waals surface area contributed by atoms with Gasteiger partial charge in [-0.05, 0) is 12.5 Å². The molecule has 1 heterocycles. The number of carbonyl (C=O) groups is 1. The first-order valence-corrected chi connectivity index (χ1v) is 5.54. The normalized spacial score (nSPS) is 22.5. The largest absolute Gasteiger partial charge is 0.480 e. The van der Waals surface area contributed by atoms with Gasteiger partial charge in [0.2, 0.25) is 0 Å². The minimum absolute atomic E-state index is 0.0110. The van der Waals surface area contributed by atoms with Gasteiger partial charge in [0, 0.05) is 24.8 Å². The fourth-order valence-corrected chi connectivity index (χ4v) is 2.08. The van der Waals surface area contributed by atoms with Crippen LogP contribution in [0.4, 0.5) is 15.8 Å². The van der Waals surface area contributed by atoms with Gasteiger partial charge in [0.05, 0.1) is 11.0 Å². The van der Waals surface area contributed by atoms with Crippen LogP contribution in [0.15, 0.2) is 18.2 Å². The molecule has 0 bridgehead atoms. The zero-order chi connectivity index (χ0) is 14.2. The summed E-state index contributed by atoms with van der Waals surface area (Å²) in [6, 6.07) is 3.14. The van der Waals surface area contributed by atoms with Gasteiger partial charge in [-0.25, -0.2) is 4.39 Å². The molecule has 1 aliphatic heterocycles. The van der Waals surface area contributed by atoms with Gasteiger partial charge < -0.3 is 15.7 Å². The number of nitro groups is 1. The van der Waals surface area contributed by atoms with Crippen LogP contribution in [0, 0.1) is 15.9 Å². The summed E-state index contributed by atoms with van der Waals surface area (Å²) >= 11 is 0. The molecule has 3 N–H and O–H groups in total. The summed E-state index contributed by atoms with van der Waals surface area (Å²) in [5, 5.41) is 19.7. The zero-order valence-corrected chi connectivity index (χ0v) is 9.88. The van der Waals surface area contributed by atoms with Crippen molar-refractivity contribution >= 4 is 17.3 Å². The number of nitrogens with two attached hydrogens (primary N) is 1. The van der Waals surface area contributed by atoms with Crippen LogP contribution in [0.2, 0.25) is 0 Å². The van der Waals surface area contributed by atoms with Crippen LogP contribution >= 0.6 is 0 Å². The van der Waals surface area contributed by atoms with E-state index in [1.807, 2.05) is 0 Å². The van der Waals surface area contributed by atoms with E-state index in [-0.39, 0.29) is 24.3 Å². The lowest BCUT2D eigenvalue weighted by atomic mass is 10.0. The maximum absolute atomic E-state index is 13.3. The number of nitro benzene ring substituents is 1. The number of nitrogens with zero attached hydrogens (tertiary/aromatic N) is 2. The van der Waals surface area contributed by atoms with Crippen LogP contribution in [0.5, 0.6) is 0 Å². The van der Waals surface area contributed by atoms with E-state index < -0.39 is 22.2 Å². The van der Waals surface area contributed by atoms with Crippen molar-refractivity contribution in [3.8, 4) is 0 Å². The third kappa shape index (κ3) is 2.48. The van der Waals surface area contributed by atoms with Gasteiger partial charge in [-0.3, -0.25) is 14.9 Å². The third-order valence-corrected chi connectivity index (χ3v) is 3.17. The third-order valence-electron chi connectivity index (χ3n) is 3.17. The lowest BCUT2D eigenvalue weighted by molar-refractivity contribution is -0.385. The van der Waals surface area contributed by atoms with Crippen LogP contribution < -0.4 is 10.6 Å². The van der Waals surface area contributed by atoms with Crippen molar-refractivity contribution in [1.82, 2.24) is 0 Å². The number of carboxylic acids is 1. The molecule has 0 aliphatic carbocycles. The number of hydrogen-bond acceptors (Lipinski definition) is 5. The Morgan fingerprint density at radius 2 is 2.21 bits per heavy atom. The minimum Gasteiger partial charge on any atom is -0.480 e. The zero-order valence-electron chi connectivity index (χ0n) is 9.88. The van der Waals surface area contributed by atoms with Gasteiger partial charge in [0.15, 0.2) is 0 Å². The smallest absolute Gasteiger partial charge is 0.325 e. The molecule has 1 fully saturated rings. The Morgan fingerprint density at radius 1 is 1.53 bits per heavy atom. The number of anilines is 1. The van der Waals surface area contributed by atoms with Gasteiger partial charge in [0.25, 0.3) is 5.69 Å². The van der Waals surface area contributed by atoms with E-state index >= 15 is 0 Å². The maximum atomic E-state index is 13.3. The molecule has 1 aromatic rings. The molecule has 0 saturated carbocycles. The van der Waals surface area contributed by atoms with E-state index in [4.69, 9.17) is 10.8 Å². The second kappa shape index (κ2) is 4.47. The SMILES string of the molecule is NC1(C(=O)O)CCN(c2cc(F)cc([N+](=O)[O-])c2)C1. The molecule has 2 rings (SSSR count). The number of hydrogen-bond donors (Lipinski definition) is 2. The summed E-state index contributed by atoms with van der Waals surface area (Å²) in [6.45, 7) is 0.298. The van der Waals surface area contributed by atoms with Crippen molar-refractivity contribution in [3.63, 3.8) is 0 Å². The van der Waals surface area contributed by atoms with Crippen molar-refractivity contribution in [3.05, 3.63) is 34.1 Å². The molecule has 102 valence electrons. The van der Waals surface area contributed by atoms with Gasteiger partial charge in [-0.15, -0.1) is 0 Å². The maximum Gasteiger partial charge on any atom is 0.325 e. The average Bonchev–Trinajstić information content (AvgIpc) is 2.72. The van der Waals surface area contributed by atoms with Crippen molar-refractivity contribution in [2.75, 3.05) is 18.0 Å². The molecule has 8 heteroatoms. The molecule has 19 heavy (non-hydrogen) atoms. The number of non-ortho nitro benzene ring substituents is 1. The lowest BCUT2D eigenvalue weighted by Crippen LogP contribution is -2.50. The monoisotopic (exact) mass is 269 g/mol. The number of carboxylic acid groups (broad SMARTS) is 1. The van der Waals surface area contributed by atoms with Gasteiger partial charge in [0.1, 0.15) is 11.4 Å². The number of benzene rings is 1. The van der Waals surface area contributed by atoms with Crippen LogP contribution in [0.3, 0.4) is 0 Å². The second-order valence-corrected chi connectivity index (χ2v) is 4.56. The molecule has 0 radical (unpaired) electrons.